The second-order valence-corrected chi connectivity index (χ2v) is 4.19. The molecule has 0 spiro atoms. The lowest BCUT2D eigenvalue weighted by molar-refractivity contribution is -0.139. The van der Waals surface area contributed by atoms with Gasteiger partial charge in [0.05, 0.1) is 11.8 Å². The molecule has 7 heteroatoms. The van der Waals surface area contributed by atoms with Crippen LogP contribution < -0.4 is 10.2 Å². The normalized spacial score (nSPS) is 10.4. The molecule has 1 aromatic carbocycles. The Bertz CT molecular complexity index is 669. The minimum Gasteiger partial charge on any atom is -0.482 e. The zero-order valence-corrected chi connectivity index (χ0v) is 11.5. The maximum absolute atomic E-state index is 11.7. The molecule has 22 heavy (non-hydrogen) atoms. The number of carbonyl (C=O) groups is 2. The van der Waals surface area contributed by atoms with Gasteiger partial charge >= 0.3 is 5.97 Å². The van der Waals surface area contributed by atoms with Gasteiger partial charge in [-0.2, -0.15) is 5.10 Å². The maximum Gasteiger partial charge on any atom is 0.341 e. The summed E-state index contributed by atoms with van der Waals surface area (Å²) >= 11 is 0. The largest absolute Gasteiger partial charge is 0.482 e. The fraction of sp³-hybridized carbons (Fsp3) is 0.0667. The van der Waals surface area contributed by atoms with E-state index in [0.717, 1.165) is 5.56 Å². The number of carbonyl (C=O) groups excluding carboxylic acids is 1. The first-order valence-electron chi connectivity index (χ1n) is 6.33. The average molecular weight is 299 g/mol. The number of benzene rings is 1. The van der Waals surface area contributed by atoms with E-state index in [4.69, 9.17) is 9.84 Å². The van der Waals surface area contributed by atoms with E-state index < -0.39 is 12.6 Å². The van der Waals surface area contributed by atoms with Gasteiger partial charge in [0.15, 0.2) is 6.61 Å². The molecule has 0 atom stereocenters. The van der Waals surface area contributed by atoms with Crippen molar-refractivity contribution in [3.05, 3.63) is 59.9 Å². The van der Waals surface area contributed by atoms with Gasteiger partial charge < -0.3 is 9.84 Å². The predicted molar refractivity (Wildman–Crippen MR) is 78.9 cm³/mol. The van der Waals surface area contributed by atoms with Crippen molar-refractivity contribution in [2.75, 3.05) is 6.61 Å². The van der Waals surface area contributed by atoms with E-state index in [2.05, 4.69) is 15.5 Å². The molecule has 1 heterocycles. The van der Waals surface area contributed by atoms with E-state index >= 15 is 0 Å². The molecule has 0 bridgehead atoms. The van der Waals surface area contributed by atoms with Crippen molar-refractivity contribution < 1.29 is 19.4 Å². The van der Waals surface area contributed by atoms with Crippen molar-refractivity contribution >= 4 is 18.1 Å². The van der Waals surface area contributed by atoms with Gasteiger partial charge in [0.2, 0.25) is 0 Å². The predicted octanol–water partition coefficient (Wildman–Crippen LogP) is 1.31. The van der Waals surface area contributed by atoms with Crippen molar-refractivity contribution in [1.82, 2.24) is 10.4 Å². The summed E-state index contributed by atoms with van der Waals surface area (Å²) in [6.45, 7) is -0.394. The molecule has 0 radical (unpaired) electrons. The van der Waals surface area contributed by atoms with Crippen molar-refractivity contribution in [3.8, 4) is 5.75 Å². The van der Waals surface area contributed by atoms with E-state index in [1.54, 1.807) is 42.6 Å². The van der Waals surface area contributed by atoms with Crippen LogP contribution in [0.3, 0.4) is 0 Å². The Hall–Kier alpha value is -3.22. The lowest BCUT2D eigenvalue weighted by Crippen LogP contribution is -2.17. The Morgan fingerprint density at radius 2 is 2.05 bits per heavy atom. The Balaban J connectivity index is 1.88. The summed E-state index contributed by atoms with van der Waals surface area (Å²) in [5.41, 5.74) is 3.53. The summed E-state index contributed by atoms with van der Waals surface area (Å²) in [6, 6.07) is 9.91. The standard InChI is InChI=1S/C15H13N3O4/c19-14(20)10-22-13-5-3-11(4-6-13)8-17-18-15(21)12-2-1-7-16-9-12/h1-9H,10H2,(H,18,21)(H,19,20)/b17-8+. The van der Waals surface area contributed by atoms with Gasteiger partial charge in [-0.15, -0.1) is 0 Å². The van der Waals surface area contributed by atoms with Crippen molar-refractivity contribution in [2.24, 2.45) is 5.10 Å². The minimum atomic E-state index is -1.04. The molecular weight excluding hydrogens is 286 g/mol. The first-order valence-corrected chi connectivity index (χ1v) is 6.33. The summed E-state index contributed by atoms with van der Waals surface area (Å²) in [6.07, 6.45) is 4.49. The molecule has 1 amide bonds. The number of ether oxygens (including phenoxy) is 1. The van der Waals surface area contributed by atoms with Crippen LogP contribution in [-0.2, 0) is 4.79 Å². The van der Waals surface area contributed by atoms with E-state index in [9.17, 15) is 9.59 Å². The quantitative estimate of drug-likeness (QED) is 0.618. The number of carboxylic acid groups (broad SMARTS) is 1. The van der Waals surface area contributed by atoms with E-state index in [-0.39, 0.29) is 5.91 Å². The monoisotopic (exact) mass is 299 g/mol. The SMILES string of the molecule is O=C(O)COc1ccc(/C=N/NC(=O)c2cccnc2)cc1. The van der Waals surface area contributed by atoms with Crippen LogP contribution in [0.4, 0.5) is 0 Å². The van der Waals surface area contributed by atoms with E-state index in [1.807, 2.05) is 0 Å². The second-order valence-electron chi connectivity index (χ2n) is 4.19. The van der Waals surface area contributed by atoms with Crippen LogP contribution in [-0.4, -0.2) is 34.8 Å². The fourth-order valence-electron chi connectivity index (χ4n) is 1.52. The Morgan fingerprint density at radius 1 is 1.27 bits per heavy atom. The minimum absolute atomic E-state index is 0.356. The molecule has 0 saturated carbocycles. The number of nitrogens with one attached hydrogen (secondary N) is 1. The van der Waals surface area contributed by atoms with Gasteiger partial charge in [0.1, 0.15) is 5.75 Å². The zero-order valence-electron chi connectivity index (χ0n) is 11.5. The van der Waals surface area contributed by atoms with E-state index in [1.165, 1.54) is 12.4 Å². The molecular formula is C15H13N3O4. The fourth-order valence-corrected chi connectivity index (χ4v) is 1.52. The first kappa shape index (κ1) is 15.2. The first-order chi connectivity index (χ1) is 10.6. The molecule has 2 N–H and O–H groups in total. The van der Waals surface area contributed by atoms with Crippen LogP contribution in [0.5, 0.6) is 5.75 Å². The lowest BCUT2D eigenvalue weighted by Gasteiger charge is -2.02. The van der Waals surface area contributed by atoms with Gasteiger partial charge in [-0.05, 0) is 42.0 Å². The number of hydrogen-bond donors (Lipinski definition) is 2. The molecule has 7 nitrogen and oxygen atoms in total. The third-order valence-electron chi connectivity index (χ3n) is 2.55. The number of aromatic nitrogens is 1. The molecule has 0 fully saturated rings. The highest BCUT2D eigenvalue weighted by Gasteiger charge is 2.02. The van der Waals surface area contributed by atoms with Gasteiger partial charge in [0.25, 0.3) is 5.91 Å². The number of rotatable bonds is 6. The summed E-state index contributed by atoms with van der Waals surface area (Å²) in [5, 5.41) is 12.3. The molecule has 2 aromatic rings. The Morgan fingerprint density at radius 3 is 2.68 bits per heavy atom. The van der Waals surface area contributed by atoms with Crippen molar-refractivity contribution in [2.45, 2.75) is 0 Å². The third kappa shape index (κ3) is 4.71. The summed E-state index contributed by atoms with van der Waals surface area (Å²) in [7, 11) is 0. The molecule has 0 saturated heterocycles. The van der Waals surface area contributed by atoms with Crippen molar-refractivity contribution in [3.63, 3.8) is 0 Å². The molecule has 0 aliphatic rings. The van der Waals surface area contributed by atoms with Crippen molar-refractivity contribution in [1.29, 1.82) is 0 Å². The highest BCUT2D eigenvalue weighted by atomic mass is 16.5. The van der Waals surface area contributed by atoms with Crippen LogP contribution in [0.1, 0.15) is 15.9 Å². The topological polar surface area (TPSA) is 101 Å². The number of hydrazone groups is 1. The van der Waals surface area contributed by atoms with Crippen LogP contribution in [0.25, 0.3) is 0 Å². The third-order valence-corrected chi connectivity index (χ3v) is 2.55. The number of nitrogens with zero attached hydrogens (tertiary/aromatic N) is 2. The number of pyridine rings is 1. The zero-order chi connectivity index (χ0) is 15.8. The van der Waals surface area contributed by atoms with Gasteiger partial charge in [-0.1, -0.05) is 0 Å². The highest BCUT2D eigenvalue weighted by Crippen LogP contribution is 2.10. The average Bonchev–Trinajstić information content (AvgIpc) is 2.55. The van der Waals surface area contributed by atoms with Gasteiger partial charge in [-0.3, -0.25) is 9.78 Å². The number of hydrogen-bond acceptors (Lipinski definition) is 5. The van der Waals surface area contributed by atoms with Crippen LogP contribution in [0, 0.1) is 0 Å². The number of carboxylic acids is 1. The maximum atomic E-state index is 11.7. The second kappa shape index (κ2) is 7.53. The van der Waals surface area contributed by atoms with Crippen LogP contribution >= 0.6 is 0 Å². The van der Waals surface area contributed by atoms with Crippen LogP contribution in [0.15, 0.2) is 53.9 Å². The summed E-state index contributed by atoms with van der Waals surface area (Å²) < 4.78 is 5.00. The summed E-state index contributed by atoms with van der Waals surface area (Å²) in [5.74, 6) is -0.950. The van der Waals surface area contributed by atoms with Gasteiger partial charge in [0, 0.05) is 12.4 Å². The number of aliphatic carboxylic acids is 1. The molecule has 0 aliphatic heterocycles. The smallest absolute Gasteiger partial charge is 0.341 e. The lowest BCUT2D eigenvalue weighted by atomic mass is 10.2. The molecule has 1 aromatic heterocycles. The molecule has 0 aliphatic carbocycles. The molecule has 0 unspecified atom stereocenters. The Kier molecular flexibility index (Phi) is 5.20. The summed E-state index contributed by atoms with van der Waals surface area (Å²) in [4.78, 5) is 25.9. The highest BCUT2D eigenvalue weighted by molar-refractivity contribution is 5.94. The molecule has 112 valence electrons. The van der Waals surface area contributed by atoms with Gasteiger partial charge in [-0.25, -0.2) is 10.2 Å². The van der Waals surface area contributed by atoms with E-state index in [0.29, 0.717) is 11.3 Å². The number of amides is 1. The van der Waals surface area contributed by atoms with Crippen LogP contribution in [0.2, 0.25) is 0 Å². The Labute approximate surface area is 126 Å². The molecule has 2 rings (SSSR count).